The van der Waals surface area contributed by atoms with Crippen LogP contribution in [0.15, 0.2) is 36.4 Å². The van der Waals surface area contributed by atoms with Gasteiger partial charge >= 0.3 is 5.97 Å². The summed E-state index contributed by atoms with van der Waals surface area (Å²) in [4.78, 5) is 38.2. The largest absolute Gasteiger partial charge is 0.492 e. The minimum atomic E-state index is -0.808. The van der Waals surface area contributed by atoms with E-state index >= 15 is 0 Å². The number of aliphatic hydroxyl groups excluding tert-OH is 1. The van der Waals surface area contributed by atoms with Gasteiger partial charge in [-0.25, -0.2) is 0 Å². The third kappa shape index (κ3) is 7.87. The second-order valence-electron chi connectivity index (χ2n) is 8.99. The van der Waals surface area contributed by atoms with Crippen LogP contribution in [0.5, 0.6) is 5.75 Å². The minimum absolute atomic E-state index is 0.0291. The van der Waals surface area contributed by atoms with Crippen molar-refractivity contribution in [1.82, 2.24) is 9.80 Å². The molecule has 8 nitrogen and oxygen atoms in total. The van der Waals surface area contributed by atoms with E-state index in [1.165, 1.54) is 0 Å². The van der Waals surface area contributed by atoms with E-state index in [0.717, 1.165) is 38.6 Å². The van der Waals surface area contributed by atoms with Crippen LogP contribution in [0.2, 0.25) is 0 Å². The van der Waals surface area contributed by atoms with Gasteiger partial charge in [-0.05, 0) is 43.4 Å². The second-order valence-corrected chi connectivity index (χ2v) is 8.99. The van der Waals surface area contributed by atoms with Crippen LogP contribution in [0.25, 0.3) is 0 Å². The lowest BCUT2D eigenvalue weighted by Gasteiger charge is -2.22. The van der Waals surface area contributed by atoms with E-state index in [1.807, 2.05) is 34.1 Å². The lowest BCUT2D eigenvalue weighted by molar-refractivity contribution is -0.137. The Hall–Kier alpha value is -2.87. The van der Waals surface area contributed by atoms with Crippen molar-refractivity contribution >= 4 is 17.8 Å². The summed E-state index contributed by atoms with van der Waals surface area (Å²) in [5.41, 5.74) is 0.709. The quantitative estimate of drug-likeness (QED) is 0.318. The number of benzene rings is 1. The summed E-state index contributed by atoms with van der Waals surface area (Å²) in [6.07, 6.45) is 9.04. The summed E-state index contributed by atoms with van der Waals surface area (Å²) in [5.74, 6) is 0.184. The fraction of sp³-hybridized carbons (Fsp3) is 0.577. The van der Waals surface area contributed by atoms with Crippen molar-refractivity contribution in [3.8, 4) is 5.75 Å². The number of unbranched alkanes of at least 4 members (excludes halogenated alkanes) is 3. The topological polar surface area (TPSA) is 107 Å². The predicted octanol–water partition coefficient (Wildman–Crippen LogP) is 3.30. The van der Waals surface area contributed by atoms with Gasteiger partial charge in [0.25, 0.3) is 0 Å². The number of ether oxygens (including phenoxy) is 1. The summed E-state index contributed by atoms with van der Waals surface area (Å²) in [6, 6.07) is 7.27. The molecule has 8 heteroatoms. The molecular formula is C26H36N2O6. The van der Waals surface area contributed by atoms with E-state index in [0.29, 0.717) is 50.3 Å². The highest BCUT2D eigenvalue weighted by molar-refractivity contribution is 5.79. The Morgan fingerprint density at radius 2 is 1.94 bits per heavy atom. The molecule has 3 rings (SSSR count). The fourth-order valence-corrected chi connectivity index (χ4v) is 4.51. The summed E-state index contributed by atoms with van der Waals surface area (Å²) < 4.78 is 5.79. The first kappa shape index (κ1) is 25.7. The number of rotatable bonds is 14. The van der Waals surface area contributed by atoms with Crippen LogP contribution in [0.3, 0.4) is 0 Å². The van der Waals surface area contributed by atoms with Crippen molar-refractivity contribution in [1.29, 1.82) is 0 Å². The first-order chi connectivity index (χ1) is 16.4. The molecule has 2 aliphatic rings. The zero-order chi connectivity index (χ0) is 24.3. The van der Waals surface area contributed by atoms with E-state index in [4.69, 9.17) is 9.84 Å². The van der Waals surface area contributed by atoms with Crippen LogP contribution >= 0.6 is 0 Å². The van der Waals surface area contributed by atoms with E-state index in [2.05, 4.69) is 0 Å². The monoisotopic (exact) mass is 472 g/mol. The molecule has 0 saturated carbocycles. The number of carboxylic acid groups (broad SMARTS) is 1. The normalized spacial score (nSPS) is 19.4. The zero-order valence-electron chi connectivity index (χ0n) is 19.7. The molecule has 0 spiro atoms. The lowest BCUT2D eigenvalue weighted by atomic mass is 10.1. The van der Waals surface area contributed by atoms with Gasteiger partial charge in [0, 0.05) is 32.4 Å². The number of amides is 2. The highest BCUT2D eigenvalue weighted by Gasteiger charge is 2.28. The Balaban J connectivity index is 1.45. The molecule has 2 N–H and O–H groups in total. The number of carbonyl (C=O) groups is 3. The summed E-state index contributed by atoms with van der Waals surface area (Å²) >= 11 is 0. The average Bonchev–Trinajstić information content (AvgIpc) is 3.39. The van der Waals surface area contributed by atoms with Crippen LogP contribution in [-0.2, 0) is 14.4 Å². The van der Waals surface area contributed by atoms with Crippen LogP contribution in [0, 0.1) is 0 Å². The predicted molar refractivity (Wildman–Crippen MR) is 127 cm³/mol. The molecule has 1 aromatic rings. The number of hydrogen-bond donors (Lipinski definition) is 2. The Kier molecular flexibility index (Phi) is 9.94. The molecule has 2 aliphatic heterocycles. The maximum absolute atomic E-state index is 12.3. The summed E-state index contributed by atoms with van der Waals surface area (Å²) in [5, 5.41) is 19.4. The third-order valence-corrected chi connectivity index (χ3v) is 6.43. The molecule has 0 bridgehead atoms. The van der Waals surface area contributed by atoms with Crippen LogP contribution in [0.4, 0.5) is 0 Å². The molecule has 2 amide bonds. The molecule has 1 unspecified atom stereocenters. The van der Waals surface area contributed by atoms with Crippen molar-refractivity contribution in [3.05, 3.63) is 42.0 Å². The van der Waals surface area contributed by atoms with Gasteiger partial charge in [-0.15, -0.1) is 0 Å². The van der Waals surface area contributed by atoms with Gasteiger partial charge in [-0.1, -0.05) is 37.1 Å². The van der Waals surface area contributed by atoms with Crippen molar-refractivity contribution in [2.24, 2.45) is 0 Å². The molecule has 2 saturated heterocycles. The van der Waals surface area contributed by atoms with Crippen LogP contribution in [0.1, 0.15) is 69.5 Å². The standard InChI is InChI=1S/C26H36N2O6/c29-23(20-7-5-8-22(19-20)34-18-17-27-15-6-9-24(27)30)13-11-21-12-14-25(31)28(21)16-4-2-1-3-10-26(32)33/h5,7-8,11,13,19,21,23,29H,1-4,6,9-10,12,14-18H2,(H,32,33)/t21?,23-/m1/s1. The molecule has 2 atom stereocenters. The van der Waals surface area contributed by atoms with Gasteiger partial charge in [0.05, 0.1) is 18.7 Å². The smallest absolute Gasteiger partial charge is 0.303 e. The van der Waals surface area contributed by atoms with Gasteiger partial charge in [-0.3, -0.25) is 14.4 Å². The molecule has 2 heterocycles. The van der Waals surface area contributed by atoms with Crippen molar-refractivity contribution in [2.75, 3.05) is 26.2 Å². The molecular weight excluding hydrogens is 436 g/mol. The van der Waals surface area contributed by atoms with E-state index in [1.54, 1.807) is 12.1 Å². The first-order valence-corrected chi connectivity index (χ1v) is 12.3. The van der Waals surface area contributed by atoms with Gasteiger partial charge in [0.1, 0.15) is 12.4 Å². The molecule has 0 radical (unpaired) electrons. The number of likely N-dealkylation sites (tertiary alicyclic amines) is 2. The van der Waals surface area contributed by atoms with Crippen LogP contribution in [-0.4, -0.2) is 70.1 Å². The maximum Gasteiger partial charge on any atom is 0.303 e. The molecule has 34 heavy (non-hydrogen) atoms. The number of carboxylic acids is 1. The van der Waals surface area contributed by atoms with Crippen LogP contribution < -0.4 is 4.74 Å². The lowest BCUT2D eigenvalue weighted by Crippen LogP contribution is -2.32. The minimum Gasteiger partial charge on any atom is -0.492 e. The Morgan fingerprint density at radius 3 is 2.71 bits per heavy atom. The SMILES string of the molecule is O=C(O)CCCCCCN1C(=O)CCC1C=C[C@@H](O)c1cccc(OCCN2CCCC2=O)c1. The Morgan fingerprint density at radius 1 is 1.12 bits per heavy atom. The summed E-state index contributed by atoms with van der Waals surface area (Å²) in [6.45, 7) is 2.42. The average molecular weight is 473 g/mol. The van der Waals surface area contributed by atoms with Crippen molar-refractivity contribution in [2.45, 2.75) is 69.9 Å². The van der Waals surface area contributed by atoms with Gasteiger partial charge < -0.3 is 24.7 Å². The maximum atomic E-state index is 12.3. The number of aliphatic carboxylic acids is 1. The van der Waals surface area contributed by atoms with Gasteiger partial charge in [0.2, 0.25) is 11.8 Å². The fourth-order valence-electron chi connectivity index (χ4n) is 4.51. The molecule has 0 aliphatic carbocycles. The number of hydrogen-bond acceptors (Lipinski definition) is 5. The Bertz CT molecular complexity index is 871. The highest BCUT2D eigenvalue weighted by Crippen LogP contribution is 2.24. The van der Waals surface area contributed by atoms with E-state index in [-0.39, 0.29) is 24.3 Å². The second kappa shape index (κ2) is 13.1. The molecule has 2 fully saturated rings. The zero-order valence-corrected chi connectivity index (χ0v) is 19.7. The summed E-state index contributed by atoms with van der Waals surface area (Å²) in [7, 11) is 0. The van der Waals surface area contributed by atoms with Crippen molar-refractivity contribution in [3.63, 3.8) is 0 Å². The van der Waals surface area contributed by atoms with E-state index in [9.17, 15) is 19.5 Å². The highest BCUT2D eigenvalue weighted by atomic mass is 16.5. The first-order valence-electron chi connectivity index (χ1n) is 12.3. The number of aliphatic hydroxyl groups is 1. The number of carbonyl (C=O) groups excluding carboxylic acids is 2. The molecule has 186 valence electrons. The van der Waals surface area contributed by atoms with Crippen molar-refractivity contribution < 1.29 is 29.3 Å². The Labute approximate surface area is 201 Å². The van der Waals surface area contributed by atoms with E-state index < -0.39 is 12.1 Å². The molecule has 1 aromatic carbocycles. The number of nitrogens with zero attached hydrogens (tertiary/aromatic N) is 2. The third-order valence-electron chi connectivity index (χ3n) is 6.43. The van der Waals surface area contributed by atoms with Gasteiger partial charge in [0.15, 0.2) is 0 Å². The molecule has 0 aromatic heterocycles. The van der Waals surface area contributed by atoms with Gasteiger partial charge in [-0.2, -0.15) is 0 Å².